The Bertz CT molecular complexity index is 627. The number of carbonyl (C=O) groups excluding carboxylic acids is 1. The lowest BCUT2D eigenvalue weighted by atomic mass is 10.0. The third-order valence-corrected chi connectivity index (χ3v) is 4.69. The van der Waals surface area contributed by atoms with Crippen molar-refractivity contribution in [2.75, 3.05) is 33.3 Å². The van der Waals surface area contributed by atoms with Crippen LogP contribution in [0.1, 0.15) is 11.6 Å². The Kier molecular flexibility index (Phi) is 5.12. The lowest BCUT2D eigenvalue weighted by Crippen LogP contribution is -2.52. The summed E-state index contributed by atoms with van der Waals surface area (Å²) in [7, 11) is -2.45. The number of methoxy groups -OCH3 is 1. The van der Waals surface area contributed by atoms with E-state index in [0.717, 1.165) is 4.31 Å². The fourth-order valence-electron chi connectivity index (χ4n) is 2.47. The number of halogens is 1. The van der Waals surface area contributed by atoms with Crippen molar-refractivity contribution in [1.82, 2.24) is 9.21 Å². The van der Waals surface area contributed by atoms with Crippen LogP contribution < -0.4 is 5.14 Å². The zero-order valence-corrected chi connectivity index (χ0v) is 12.9. The highest BCUT2D eigenvalue weighted by molar-refractivity contribution is 7.86. The van der Waals surface area contributed by atoms with Crippen LogP contribution in [0.2, 0.25) is 0 Å². The molecule has 1 aromatic carbocycles. The Morgan fingerprint density at radius 3 is 2.23 bits per heavy atom. The van der Waals surface area contributed by atoms with Crippen molar-refractivity contribution in [2.24, 2.45) is 5.14 Å². The molecule has 0 saturated carbocycles. The van der Waals surface area contributed by atoms with E-state index in [4.69, 9.17) is 9.88 Å². The number of hydrogen-bond acceptors (Lipinski definition) is 5. The van der Waals surface area contributed by atoms with Crippen LogP contribution in [0.5, 0.6) is 0 Å². The van der Waals surface area contributed by atoms with Crippen molar-refractivity contribution in [2.45, 2.75) is 6.04 Å². The third-order valence-electron chi connectivity index (χ3n) is 3.61. The van der Waals surface area contributed by atoms with Gasteiger partial charge < -0.3 is 4.74 Å². The quantitative estimate of drug-likeness (QED) is 0.775. The van der Waals surface area contributed by atoms with Crippen molar-refractivity contribution in [3.63, 3.8) is 0 Å². The summed E-state index contributed by atoms with van der Waals surface area (Å²) >= 11 is 0. The van der Waals surface area contributed by atoms with E-state index >= 15 is 0 Å². The number of esters is 1. The average Bonchev–Trinajstić information content (AvgIpc) is 2.49. The molecular weight excluding hydrogens is 313 g/mol. The molecule has 0 radical (unpaired) electrons. The molecule has 2 rings (SSSR count). The lowest BCUT2D eigenvalue weighted by Gasteiger charge is -2.36. The van der Waals surface area contributed by atoms with Gasteiger partial charge in [-0.3, -0.25) is 4.90 Å². The minimum absolute atomic E-state index is 0.188. The summed E-state index contributed by atoms with van der Waals surface area (Å²) in [5, 5.41) is 5.09. The topological polar surface area (TPSA) is 92.9 Å². The molecule has 2 N–H and O–H groups in total. The first-order valence-corrected chi connectivity index (χ1v) is 8.18. The van der Waals surface area contributed by atoms with Crippen LogP contribution in [0, 0.1) is 5.82 Å². The Labute approximate surface area is 128 Å². The molecule has 1 aromatic rings. The zero-order valence-electron chi connectivity index (χ0n) is 12.1. The SMILES string of the molecule is COC(=O)[C@@H](c1ccc(F)cc1)N1CCN(S(N)(=O)=O)CC1. The Balaban J connectivity index is 2.18. The van der Waals surface area contributed by atoms with Gasteiger partial charge in [0.25, 0.3) is 10.2 Å². The average molecular weight is 331 g/mol. The van der Waals surface area contributed by atoms with E-state index in [1.807, 2.05) is 0 Å². The number of rotatable bonds is 4. The first kappa shape index (κ1) is 16.8. The van der Waals surface area contributed by atoms with Crippen LogP contribution >= 0.6 is 0 Å². The van der Waals surface area contributed by atoms with Gasteiger partial charge in [0.05, 0.1) is 7.11 Å². The molecule has 1 fully saturated rings. The van der Waals surface area contributed by atoms with Crippen LogP contribution in [0.15, 0.2) is 24.3 Å². The number of nitrogens with two attached hydrogens (primary N) is 1. The van der Waals surface area contributed by atoms with Crippen molar-refractivity contribution < 1.29 is 22.3 Å². The summed E-state index contributed by atoms with van der Waals surface area (Å²) in [6.07, 6.45) is 0. The van der Waals surface area contributed by atoms with Gasteiger partial charge in [-0.15, -0.1) is 0 Å². The molecule has 0 unspecified atom stereocenters. The molecule has 0 spiro atoms. The number of carbonyl (C=O) groups is 1. The number of benzene rings is 1. The molecule has 0 amide bonds. The highest BCUT2D eigenvalue weighted by atomic mass is 32.2. The first-order valence-electron chi connectivity index (χ1n) is 6.68. The van der Waals surface area contributed by atoms with Gasteiger partial charge in [-0.05, 0) is 17.7 Å². The maximum atomic E-state index is 13.0. The monoisotopic (exact) mass is 331 g/mol. The second-order valence-electron chi connectivity index (χ2n) is 4.96. The number of ether oxygens (including phenoxy) is 1. The summed E-state index contributed by atoms with van der Waals surface area (Å²) < 4.78 is 41.6. The summed E-state index contributed by atoms with van der Waals surface area (Å²) in [5.74, 6) is -0.873. The Morgan fingerprint density at radius 2 is 1.77 bits per heavy atom. The van der Waals surface area contributed by atoms with E-state index in [9.17, 15) is 17.6 Å². The number of nitrogens with zero attached hydrogens (tertiary/aromatic N) is 2. The molecule has 1 aliphatic heterocycles. The van der Waals surface area contributed by atoms with Gasteiger partial charge in [0.1, 0.15) is 11.9 Å². The Hall–Kier alpha value is -1.55. The molecule has 0 bridgehead atoms. The standard InChI is InChI=1S/C13H18FN3O4S/c1-21-13(18)12(10-2-4-11(14)5-3-10)16-6-8-17(9-7-16)22(15,19)20/h2-5,12H,6-9H2,1H3,(H2,15,19,20)/t12-/m1/s1. The molecule has 1 saturated heterocycles. The van der Waals surface area contributed by atoms with Crippen LogP contribution in [-0.2, 0) is 19.7 Å². The van der Waals surface area contributed by atoms with Crippen molar-refractivity contribution in [1.29, 1.82) is 0 Å². The second kappa shape index (κ2) is 6.69. The number of hydrogen-bond donors (Lipinski definition) is 1. The van der Waals surface area contributed by atoms with E-state index in [2.05, 4.69) is 0 Å². The van der Waals surface area contributed by atoms with E-state index in [-0.39, 0.29) is 13.1 Å². The zero-order chi connectivity index (χ0) is 16.3. The molecule has 0 aromatic heterocycles. The molecular formula is C13H18FN3O4S. The van der Waals surface area contributed by atoms with Crippen LogP contribution in [0.4, 0.5) is 4.39 Å². The van der Waals surface area contributed by atoms with Crippen LogP contribution in [-0.4, -0.2) is 56.9 Å². The molecule has 1 atom stereocenters. The fourth-order valence-corrected chi connectivity index (χ4v) is 3.14. The molecule has 22 heavy (non-hydrogen) atoms. The molecule has 7 nitrogen and oxygen atoms in total. The highest BCUT2D eigenvalue weighted by Crippen LogP contribution is 2.24. The molecule has 0 aliphatic carbocycles. The molecule has 1 aliphatic rings. The molecule has 1 heterocycles. The van der Waals surface area contributed by atoms with E-state index < -0.39 is 28.0 Å². The van der Waals surface area contributed by atoms with Gasteiger partial charge in [-0.2, -0.15) is 12.7 Å². The van der Waals surface area contributed by atoms with Crippen LogP contribution in [0.3, 0.4) is 0 Å². The van der Waals surface area contributed by atoms with Gasteiger partial charge in [-0.1, -0.05) is 12.1 Å². The normalized spacial score (nSPS) is 18.9. The van der Waals surface area contributed by atoms with Gasteiger partial charge in [0, 0.05) is 26.2 Å². The number of piperazine rings is 1. The lowest BCUT2D eigenvalue weighted by molar-refractivity contribution is -0.147. The van der Waals surface area contributed by atoms with Gasteiger partial charge in [-0.25, -0.2) is 14.3 Å². The smallest absolute Gasteiger partial charge is 0.327 e. The largest absolute Gasteiger partial charge is 0.468 e. The molecule has 9 heteroatoms. The minimum atomic E-state index is -3.73. The van der Waals surface area contributed by atoms with Crippen molar-refractivity contribution in [3.05, 3.63) is 35.6 Å². The summed E-state index contributed by atoms with van der Waals surface area (Å²) in [4.78, 5) is 13.9. The molecule has 122 valence electrons. The van der Waals surface area contributed by atoms with E-state index in [1.54, 1.807) is 4.90 Å². The maximum Gasteiger partial charge on any atom is 0.327 e. The van der Waals surface area contributed by atoms with Crippen molar-refractivity contribution in [3.8, 4) is 0 Å². The van der Waals surface area contributed by atoms with Crippen LogP contribution in [0.25, 0.3) is 0 Å². The Morgan fingerprint density at radius 1 is 1.23 bits per heavy atom. The van der Waals surface area contributed by atoms with Gasteiger partial charge in [0.15, 0.2) is 0 Å². The third kappa shape index (κ3) is 3.80. The predicted octanol–water partition coefficient (Wildman–Crippen LogP) is -0.139. The van der Waals surface area contributed by atoms with Gasteiger partial charge in [0.2, 0.25) is 0 Å². The summed E-state index contributed by atoms with van der Waals surface area (Å²) in [6.45, 7) is 1.03. The minimum Gasteiger partial charge on any atom is -0.468 e. The van der Waals surface area contributed by atoms with Crippen molar-refractivity contribution >= 4 is 16.2 Å². The van der Waals surface area contributed by atoms with Gasteiger partial charge >= 0.3 is 5.97 Å². The highest BCUT2D eigenvalue weighted by Gasteiger charge is 2.33. The predicted molar refractivity (Wildman–Crippen MR) is 77.4 cm³/mol. The summed E-state index contributed by atoms with van der Waals surface area (Å²) in [5.41, 5.74) is 0.595. The summed E-state index contributed by atoms with van der Waals surface area (Å²) in [6, 6.07) is 4.87. The first-order chi connectivity index (χ1) is 10.3. The second-order valence-corrected chi connectivity index (χ2v) is 6.50. The van der Waals surface area contributed by atoms with E-state index in [1.165, 1.54) is 31.4 Å². The van der Waals surface area contributed by atoms with E-state index in [0.29, 0.717) is 18.7 Å². The maximum absolute atomic E-state index is 13.0. The fraction of sp³-hybridized carbons (Fsp3) is 0.462.